The molecule has 0 radical (unpaired) electrons. The summed E-state index contributed by atoms with van der Waals surface area (Å²) in [5, 5.41) is 2.09. The Hall–Kier alpha value is -0.910. The zero-order chi connectivity index (χ0) is 13.5. The minimum atomic E-state index is -1.49. The molecule has 0 aliphatic heterocycles. The lowest BCUT2D eigenvalue weighted by Crippen LogP contribution is -2.36. The third kappa shape index (κ3) is 5.16. The highest BCUT2D eigenvalue weighted by molar-refractivity contribution is 7.87. The van der Waals surface area contributed by atoms with Crippen molar-refractivity contribution in [2.45, 2.75) is 50.8 Å². The SMILES string of the molecule is CCCC(C(=O)OCC)S(=O)CC(=O)NC1CC1. The molecule has 1 saturated carbocycles. The fraction of sp³-hybridized carbons (Fsp3) is 0.833. The van der Waals surface area contributed by atoms with Crippen LogP contribution in [0.2, 0.25) is 0 Å². The maximum Gasteiger partial charge on any atom is 0.321 e. The van der Waals surface area contributed by atoms with Crippen molar-refractivity contribution < 1.29 is 18.5 Å². The molecule has 0 spiro atoms. The molecule has 0 aromatic carbocycles. The maximum atomic E-state index is 12.0. The van der Waals surface area contributed by atoms with Crippen LogP contribution in [-0.2, 0) is 25.1 Å². The van der Waals surface area contributed by atoms with Crippen LogP contribution in [-0.4, -0.2) is 39.7 Å². The smallest absolute Gasteiger partial charge is 0.321 e. The molecule has 1 aliphatic rings. The van der Waals surface area contributed by atoms with Gasteiger partial charge in [0.05, 0.1) is 6.61 Å². The van der Waals surface area contributed by atoms with Crippen LogP contribution < -0.4 is 5.32 Å². The van der Waals surface area contributed by atoms with Gasteiger partial charge < -0.3 is 10.1 Å². The van der Waals surface area contributed by atoms with Gasteiger partial charge in [-0.2, -0.15) is 0 Å². The standard InChI is InChI=1S/C12H21NO4S/c1-3-5-10(12(15)17-4-2)18(16)8-11(14)13-9-6-7-9/h9-10H,3-8H2,1-2H3,(H,13,14). The molecule has 1 fully saturated rings. The topological polar surface area (TPSA) is 72.5 Å². The minimum absolute atomic E-state index is 0.111. The second-order valence-electron chi connectivity index (χ2n) is 4.40. The molecular formula is C12H21NO4S. The van der Waals surface area contributed by atoms with E-state index in [1.165, 1.54) is 0 Å². The van der Waals surface area contributed by atoms with Crippen LogP contribution in [0.1, 0.15) is 39.5 Å². The van der Waals surface area contributed by atoms with Gasteiger partial charge in [0.1, 0.15) is 11.0 Å². The Labute approximate surface area is 110 Å². The summed E-state index contributed by atoms with van der Waals surface area (Å²) in [6.45, 7) is 3.89. The average molecular weight is 275 g/mol. The number of nitrogens with one attached hydrogen (secondary N) is 1. The van der Waals surface area contributed by atoms with Gasteiger partial charge in [0.15, 0.2) is 0 Å². The van der Waals surface area contributed by atoms with E-state index in [1.54, 1.807) is 6.92 Å². The molecule has 0 saturated heterocycles. The predicted octanol–water partition coefficient (Wildman–Crippen LogP) is 0.745. The van der Waals surface area contributed by atoms with Crippen molar-refractivity contribution in [1.29, 1.82) is 0 Å². The molecule has 0 heterocycles. The second kappa shape index (κ2) is 7.51. The first kappa shape index (κ1) is 15.1. The van der Waals surface area contributed by atoms with Gasteiger partial charge in [0.2, 0.25) is 5.91 Å². The van der Waals surface area contributed by atoms with E-state index in [0.717, 1.165) is 19.3 Å². The molecule has 1 amide bonds. The van der Waals surface area contributed by atoms with Gasteiger partial charge in [-0.1, -0.05) is 13.3 Å². The van der Waals surface area contributed by atoms with Crippen molar-refractivity contribution in [3.63, 3.8) is 0 Å². The summed E-state index contributed by atoms with van der Waals surface area (Å²) in [5.41, 5.74) is 0. The van der Waals surface area contributed by atoms with E-state index in [1.807, 2.05) is 6.92 Å². The lowest BCUT2D eigenvalue weighted by Gasteiger charge is -2.14. The molecule has 6 heteroatoms. The number of amides is 1. The summed E-state index contributed by atoms with van der Waals surface area (Å²) in [7, 11) is -1.49. The van der Waals surface area contributed by atoms with E-state index in [2.05, 4.69) is 5.32 Å². The molecule has 1 rings (SSSR count). The number of carbonyl (C=O) groups excluding carboxylic acids is 2. The van der Waals surface area contributed by atoms with Crippen molar-refractivity contribution >= 4 is 22.7 Å². The molecule has 0 aromatic heterocycles. The molecule has 5 nitrogen and oxygen atoms in total. The average Bonchev–Trinajstić information content (AvgIpc) is 3.09. The molecule has 18 heavy (non-hydrogen) atoms. The third-order valence-electron chi connectivity index (χ3n) is 2.63. The molecule has 0 bridgehead atoms. The number of hydrogen-bond acceptors (Lipinski definition) is 4. The van der Waals surface area contributed by atoms with Crippen molar-refractivity contribution in [1.82, 2.24) is 5.32 Å². The third-order valence-corrected chi connectivity index (χ3v) is 4.24. The fourth-order valence-electron chi connectivity index (χ4n) is 1.58. The Bertz CT molecular complexity index is 328. The van der Waals surface area contributed by atoms with Crippen LogP contribution in [0.4, 0.5) is 0 Å². The molecule has 1 N–H and O–H groups in total. The van der Waals surface area contributed by atoms with Crippen molar-refractivity contribution in [2.75, 3.05) is 12.4 Å². The fourth-order valence-corrected chi connectivity index (χ4v) is 2.91. The van der Waals surface area contributed by atoms with E-state index in [0.29, 0.717) is 6.42 Å². The van der Waals surface area contributed by atoms with E-state index in [9.17, 15) is 13.8 Å². The van der Waals surface area contributed by atoms with E-state index < -0.39 is 22.0 Å². The summed E-state index contributed by atoms with van der Waals surface area (Å²) in [4.78, 5) is 23.2. The van der Waals surface area contributed by atoms with Gasteiger partial charge in [-0.15, -0.1) is 0 Å². The Balaban J connectivity index is 2.46. The number of hydrogen-bond donors (Lipinski definition) is 1. The van der Waals surface area contributed by atoms with E-state index in [-0.39, 0.29) is 24.3 Å². The molecule has 104 valence electrons. The zero-order valence-corrected chi connectivity index (χ0v) is 11.8. The van der Waals surface area contributed by atoms with Gasteiger partial charge in [-0.25, -0.2) is 0 Å². The normalized spacial score (nSPS) is 17.9. The Morgan fingerprint density at radius 3 is 2.56 bits per heavy atom. The number of carbonyl (C=O) groups is 2. The second-order valence-corrected chi connectivity index (χ2v) is 6.02. The minimum Gasteiger partial charge on any atom is -0.465 e. The van der Waals surface area contributed by atoms with Crippen LogP contribution >= 0.6 is 0 Å². The van der Waals surface area contributed by atoms with Crippen LogP contribution in [0.15, 0.2) is 0 Å². The zero-order valence-electron chi connectivity index (χ0n) is 10.9. The summed E-state index contributed by atoms with van der Waals surface area (Å²) >= 11 is 0. The highest BCUT2D eigenvalue weighted by Gasteiger charge is 2.29. The summed E-state index contributed by atoms with van der Waals surface area (Å²) in [6.07, 6.45) is 3.21. The van der Waals surface area contributed by atoms with Gasteiger partial charge in [0.25, 0.3) is 0 Å². The highest BCUT2D eigenvalue weighted by atomic mass is 32.2. The molecule has 1 aliphatic carbocycles. The van der Waals surface area contributed by atoms with Gasteiger partial charge in [-0.3, -0.25) is 13.8 Å². The Morgan fingerprint density at radius 2 is 2.06 bits per heavy atom. The quantitative estimate of drug-likeness (QED) is 0.663. The lowest BCUT2D eigenvalue weighted by atomic mass is 10.2. The highest BCUT2D eigenvalue weighted by Crippen LogP contribution is 2.18. The largest absolute Gasteiger partial charge is 0.465 e. The summed E-state index contributed by atoms with van der Waals surface area (Å²) < 4.78 is 16.9. The number of rotatable bonds is 8. The summed E-state index contributed by atoms with van der Waals surface area (Å²) in [5.74, 6) is -0.807. The first-order valence-electron chi connectivity index (χ1n) is 6.41. The van der Waals surface area contributed by atoms with Gasteiger partial charge >= 0.3 is 5.97 Å². The maximum absolute atomic E-state index is 12.0. The Morgan fingerprint density at radius 1 is 1.39 bits per heavy atom. The van der Waals surface area contributed by atoms with Gasteiger partial charge in [-0.05, 0) is 26.2 Å². The molecule has 0 aromatic rings. The monoisotopic (exact) mass is 275 g/mol. The first-order chi connectivity index (χ1) is 8.58. The van der Waals surface area contributed by atoms with E-state index >= 15 is 0 Å². The lowest BCUT2D eigenvalue weighted by molar-refractivity contribution is -0.142. The molecule has 2 unspecified atom stereocenters. The number of ether oxygens (including phenoxy) is 1. The molecule has 2 atom stereocenters. The van der Waals surface area contributed by atoms with Gasteiger partial charge in [0, 0.05) is 16.8 Å². The van der Waals surface area contributed by atoms with Crippen LogP contribution in [0, 0.1) is 0 Å². The van der Waals surface area contributed by atoms with Crippen molar-refractivity contribution in [3.05, 3.63) is 0 Å². The Kier molecular flexibility index (Phi) is 6.32. The number of esters is 1. The molecular weight excluding hydrogens is 254 g/mol. The van der Waals surface area contributed by atoms with Crippen LogP contribution in [0.5, 0.6) is 0 Å². The first-order valence-corrected chi connectivity index (χ1v) is 7.79. The summed E-state index contributed by atoms with van der Waals surface area (Å²) in [6, 6.07) is 0.252. The predicted molar refractivity (Wildman–Crippen MR) is 69.5 cm³/mol. The van der Waals surface area contributed by atoms with Crippen molar-refractivity contribution in [2.24, 2.45) is 0 Å². The van der Waals surface area contributed by atoms with Crippen LogP contribution in [0.3, 0.4) is 0 Å². The van der Waals surface area contributed by atoms with E-state index in [4.69, 9.17) is 4.74 Å². The van der Waals surface area contributed by atoms with Crippen LogP contribution in [0.25, 0.3) is 0 Å². The van der Waals surface area contributed by atoms with Crippen molar-refractivity contribution in [3.8, 4) is 0 Å².